The molecule has 0 saturated heterocycles. The zero-order valence-electron chi connectivity index (χ0n) is 13.8. The van der Waals surface area contributed by atoms with Gasteiger partial charge in [-0.25, -0.2) is 4.79 Å². The van der Waals surface area contributed by atoms with Gasteiger partial charge in [-0.15, -0.1) is 28.3 Å². The van der Waals surface area contributed by atoms with Crippen LogP contribution in [0, 0.1) is 27.7 Å². The van der Waals surface area contributed by atoms with Gasteiger partial charge in [-0.2, -0.15) is 10.3 Å². The minimum atomic E-state index is -0.608. The molecule has 7 heteroatoms. The largest absolute Gasteiger partial charge is 0.461 e. The molecule has 0 saturated carbocycles. The first-order valence-corrected chi connectivity index (χ1v) is 8.15. The minimum absolute atomic E-state index is 0.179. The Morgan fingerprint density at radius 1 is 1.09 bits per heavy atom. The number of carbonyl (C=O) groups excluding carboxylic acids is 1. The molecular formula is C16H19Cl2N3O2. The number of carbonyl (C=O) groups is 1. The number of rotatable bonds is 4. The van der Waals surface area contributed by atoms with Crippen molar-refractivity contribution < 1.29 is 9.53 Å². The molecule has 0 aliphatic rings. The van der Waals surface area contributed by atoms with Crippen molar-refractivity contribution in [3.63, 3.8) is 0 Å². The van der Waals surface area contributed by atoms with Crippen LogP contribution in [0.5, 0.6) is 0 Å². The van der Waals surface area contributed by atoms with Crippen molar-refractivity contribution in [3.8, 4) is 11.3 Å². The highest BCUT2D eigenvalue weighted by Gasteiger charge is 2.25. The molecular weight excluding hydrogens is 337 g/mol. The molecule has 5 nitrogen and oxygen atoms in total. The maximum Gasteiger partial charge on any atom is 0.361 e. The van der Waals surface area contributed by atoms with E-state index in [1.807, 2.05) is 27.7 Å². The number of hydrogen-bond acceptors (Lipinski definition) is 4. The first-order valence-electron chi connectivity index (χ1n) is 7.27. The predicted molar refractivity (Wildman–Crippen MR) is 91.2 cm³/mol. The van der Waals surface area contributed by atoms with Gasteiger partial charge in [-0.1, -0.05) is 0 Å². The summed E-state index contributed by atoms with van der Waals surface area (Å²) in [4.78, 5) is 11.5. The SMILES string of the molecule is CCOC(=O)c1n[nH]nc1-c1c(C)c(C)c(C(Cl)Cl)c(C)c1C. The van der Waals surface area contributed by atoms with E-state index in [9.17, 15) is 4.79 Å². The maximum atomic E-state index is 12.1. The van der Waals surface area contributed by atoms with Gasteiger partial charge in [0.25, 0.3) is 0 Å². The Balaban J connectivity index is 2.72. The van der Waals surface area contributed by atoms with Crippen LogP contribution in [0.2, 0.25) is 0 Å². The van der Waals surface area contributed by atoms with Crippen molar-refractivity contribution in [3.05, 3.63) is 33.5 Å². The molecule has 124 valence electrons. The number of aromatic nitrogens is 3. The van der Waals surface area contributed by atoms with Crippen molar-refractivity contribution >= 4 is 29.2 Å². The zero-order chi connectivity index (χ0) is 17.3. The van der Waals surface area contributed by atoms with Crippen LogP contribution in [0.4, 0.5) is 0 Å². The topological polar surface area (TPSA) is 67.9 Å². The normalized spacial score (nSPS) is 11.1. The Bertz CT molecular complexity index is 725. The van der Waals surface area contributed by atoms with Gasteiger partial charge in [-0.05, 0) is 62.4 Å². The number of H-pyrrole nitrogens is 1. The smallest absolute Gasteiger partial charge is 0.361 e. The Labute approximate surface area is 145 Å². The maximum absolute atomic E-state index is 12.1. The molecule has 1 heterocycles. The second-order valence-corrected chi connectivity index (χ2v) is 6.43. The molecule has 0 spiro atoms. The van der Waals surface area contributed by atoms with Crippen molar-refractivity contribution in [2.45, 2.75) is 39.5 Å². The van der Waals surface area contributed by atoms with E-state index in [1.165, 1.54) is 0 Å². The van der Waals surface area contributed by atoms with Crippen LogP contribution in [0.3, 0.4) is 0 Å². The first kappa shape index (κ1) is 17.8. The summed E-state index contributed by atoms with van der Waals surface area (Å²) in [6.45, 7) is 9.87. The highest BCUT2D eigenvalue weighted by molar-refractivity contribution is 6.44. The summed E-state index contributed by atoms with van der Waals surface area (Å²) in [6.07, 6.45) is 0. The molecule has 23 heavy (non-hydrogen) atoms. The molecule has 0 bridgehead atoms. The molecule has 2 rings (SSSR count). The average molecular weight is 356 g/mol. The van der Waals surface area contributed by atoms with Crippen molar-refractivity contribution in [1.29, 1.82) is 0 Å². The summed E-state index contributed by atoms with van der Waals surface area (Å²) in [5.41, 5.74) is 6.31. The lowest BCUT2D eigenvalue weighted by atomic mass is 9.87. The summed E-state index contributed by atoms with van der Waals surface area (Å²) >= 11 is 12.2. The zero-order valence-corrected chi connectivity index (χ0v) is 15.3. The Morgan fingerprint density at radius 3 is 2.13 bits per heavy atom. The summed E-state index contributed by atoms with van der Waals surface area (Å²) in [6, 6.07) is 0. The van der Waals surface area contributed by atoms with E-state index in [4.69, 9.17) is 27.9 Å². The van der Waals surface area contributed by atoms with Gasteiger partial charge in [0.2, 0.25) is 0 Å². The lowest BCUT2D eigenvalue weighted by Crippen LogP contribution is -2.09. The van der Waals surface area contributed by atoms with Crippen molar-refractivity contribution in [2.24, 2.45) is 0 Å². The van der Waals surface area contributed by atoms with Gasteiger partial charge in [0, 0.05) is 5.56 Å². The Morgan fingerprint density at radius 2 is 1.65 bits per heavy atom. The first-order chi connectivity index (χ1) is 10.8. The van der Waals surface area contributed by atoms with Gasteiger partial charge < -0.3 is 4.74 Å². The highest BCUT2D eigenvalue weighted by atomic mass is 35.5. The molecule has 1 aromatic heterocycles. The van der Waals surface area contributed by atoms with Gasteiger partial charge in [0.1, 0.15) is 10.5 Å². The van der Waals surface area contributed by atoms with E-state index in [0.29, 0.717) is 5.69 Å². The van der Waals surface area contributed by atoms with Gasteiger partial charge in [-0.3, -0.25) is 0 Å². The van der Waals surface area contributed by atoms with Crippen LogP contribution in [0.1, 0.15) is 50.1 Å². The number of alkyl halides is 2. The molecule has 1 aromatic carbocycles. The molecule has 0 radical (unpaired) electrons. The molecule has 0 unspecified atom stereocenters. The molecule has 2 aromatic rings. The number of aromatic amines is 1. The Kier molecular flexibility index (Phi) is 5.32. The third-order valence-electron chi connectivity index (χ3n) is 4.15. The fraction of sp³-hybridized carbons (Fsp3) is 0.438. The summed E-state index contributed by atoms with van der Waals surface area (Å²) < 4.78 is 5.05. The standard InChI is InChI=1S/C16H19Cl2N3O2/c1-6-23-16(22)14-13(19-21-20-14)11-7(2)9(4)12(15(17)18)10(5)8(11)3/h15H,6H2,1-5H3,(H,19,20,21). The monoisotopic (exact) mass is 355 g/mol. The number of benzene rings is 1. The molecule has 0 aliphatic carbocycles. The predicted octanol–water partition coefficient (Wildman–Crippen LogP) is 4.36. The molecule has 0 aliphatic heterocycles. The average Bonchev–Trinajstić information content (AvgIpc) is 2.95. The molecule has 0 atom stereocenters. The van der Waals surface area contributed by atoms with E-state index in [-0.39, 0.29) is 12.3 Å². The van der Waals surface area contributed by atoms with Crippen LogP contribution < -0.4 is 0 Å². The lowest BCUT2D eigenvalue weighted by Gasteiger charge is -2.20. The summed E-state index contributed by atoms with van der Waals surface area (Å²) in [7, 11) is 0. The molecule has 0 amide bonds. The lowest BCUT2D eigenvalue weighted by molar-refractivity contribution is 0.0520. The number of halogens is 2. The van der Waals surface area contributed by atoms with Crippen LogP contribution in [-0.2, 0) is 4.74 Å². The summed E-state index contributed by atoms with van der Waals surface area (Å²) in [5, 5.41) is 10.6. The second kappa shape index (κ2) is 6.89. The second-order valence-electron chi connectivity index (χ2n) is 5.33. The van der Waals surface area contributed by atoms with Crippen LogP contribution >= 0.6 is 23.2 Å². The third kappa shape index (κ3) is 3.08. The van der Waals surface area contributed by atoms with E-state index in [1.54, 1.807) is 6.92 Å². The van der Waals surface area contributed by atoms with Crippen molar-refractivity contribution in [1.82, 2.24) is 15.4 Å². The Hall–Kier alpha value is -1.59. The number of ether oxygens (including phenoxy) is 1. The van der Waals surface area contributed by atoms with E-state index >= 15 is 0 Å². The van der Waals surface area contributed by atoms with E-state index < -0.39 is 10.8 Å². The fourth-order valence-corrected chi connectivity index (χ4v) is 3.43. The molecule has 1 N–H and O–H groups in total. The van der Waals surface area contributed by atoms with Crippen molar-refractivity contribution in [2.75, 3.05) is 6.61 Å². The number of nitrogens with one attached hydrogen (secondary N) is 1. The van der Waals surface area contributed by atoms with Crippen LogP contribution in [0.25, 0.3) is 11.3 Å². The highest BCUT2D eigenvalue weighted by Crippen LogP contribution is 2.39. The third-order valence-corrected chi connectivity index (χ3v) is 4.59. The van der Waals surface area contributed by atoms with Gasteiger partial charge in [0.05, 0.1) is 6.61 Å². The number of hydrogen-bond donors (Lipinski definition) is 1. The van der Waals surface area contributed by atoms with E-state index in [2.05, 4.69) is 15.4 Å². The number of esters is 1. The fourth-order valence-electron chi connectivity index (χ4n) is 2.77. The van der Waals surface area contributed by atoms with Crippen LogP contribution in [-0.4, -0.2) is 28.0 Å². The van der Waals surface area contributed by atoms with E-state index in [0.717, 1.165) is 33.4 Å². The van der Waals surface area contributed by atoms with Gasteiger partial charge >= 0.3 is 5.97 Å². The minimum Gasteiger partial charge on any atom is -0.461 e. The summed E-state index contributed by atoms with van der Waals surface area (Å²) in [5.74, 6) is -0.498. The number of nitrogens with zero attached hydrogens (tertiary/aromatic N) is 2. The molecule has 0 fully saturated rings. The van der Waals surface area contributed by atoms with Gasteiger partial charge in [0.15, 0.2) is 5.69 Å². The quantitative estimate of drug-likeness (QED) is 0.653. The van der Waals surface area contributed by atoms with Crippen LogP contribution in [0.15, 0.2) is 0 Å².